The Morgan fingerprint density at radius 2 is 2.06 bits per heavy atom. The minimum Gasteiger partial charge on any atom is -0.396 e. The number of nitrogens with zero attached hydrogens (tertiary/aromatic N) is 1. The van der Waals surface area contributed by atoms with E-state index < -0.39 is 0 Å². The molecule has 0 aliphatic heterocycles. The van der Waals surface area contributed by atoms with Crippen molar-refractivity contribution in [1.29, 1.82) is 0 Å². The molecule has 3 nitrogen and oxygen atoms in total. The maximum atomic E-state index is 9.36. The van der Waals surface area contributed by atoms with Crippen LogP contribution in [0.5, 0.6) is 0 Å². The van der Waals surface area contributed by atoms with Crippen molar-refractivity contribution in [2.24, 2.45) is 11.8 Å². The van der Waals surface area contributed by atoms with Gasteiger partial charge in [-0.15, -0.1) is 0 Å². The summed E-state index contributed by atoms with van der Waals surface area (Å²) < 4.78 is 1.01. The van der Waals surface area contributed by atoms with Gasteiger partial charge >= 0.3 is 0 Å². The molecule has 1 aliphatic rings. The standard InChI is InChI=1S/C14H21BrN2O/c15-13-5-6-14(17-8-13)9-16-7-11-3-1-2-4-12(11)10-18/h5-6,8,11-12,16,18H,1-4,7,9-10H2. The molecule has 0 amide bonds. The van der Waals surface area contributed by atoms with Crippen LogP contribution in [0.25, 0.3) is 0 Å². The molecule has 100 valence electrons. The second kappa shape index (κ2) is 7.22. The van der Waals surface area contributed by atoms with E-state index in [4.69, 9.17) is 0 Å². The van der Waals surface area contributed by atoms with Gasteiger partial charge in [0.15, 0.2) is 0 Å². The highest BCUT2D eigenvalue weighted by atomic mass is 79.9. The van der Waals surface area contributed by atoms with E-state index in [1.807, 2.05) is 18.3 Å². The average molecular weight is 313 g/mol. The summed E-state index contributed by atoms with van der Waals surface area (Å²) in [6.07, 6.45) is 6.83. The lowest BCUT2D eigenvalue weighted by molar-refractivity contribution is 0.133. The Morgan fingerprint density at radius 1 is 1.28 bits per heavy atom. The van der Waals surface area contributed by atoms with Crippen LogP contribution in [0, 0.1) is 11.8 Å². The molecule has 2 atom stereocenters. The van der Waals surface area contributed by atoms with Crippen LogP contribution in [0.1, 0.15) is 31.4 Å². The van der Waals surface area contributed by atoms with E-state index >= 15 is 0 Å². The van der Waals surface area contributed by atoms with Crippen LogP contribution >= 0.6 is 15.9 Å². The minimum absolute atomic E-state index is 0.336. The fourth-order valence-electron chi connectivity index (χ4n) is 2.69. The molecule has 1 aromatic heterocycles. The largest absolute Gasteiger partial charge is 0.396 e. The molecule has 1 fully saturated rings. The normalized spacial score (nSPS) is 24.1. The zero-order valence-electron chi connectivity index (χ0n) is 10.6. The first kappa shape index (κ1) is 14.0. The van der Waals surface area contributed by atoms with Crippen LogP contribution in [0.3, 0.4) is 0 Å². The molecule has 2 rings (SSSR count). The lowest BCUT2D eigenvalue weighted by atomic mass is 9.79. The highest BCUT2D eigenvalue weighted by molar-refractivity contribution is 9.10. The molecule has 2 N–H and O–H groups in total. The number of aromatic nitrogens is 1. The Labute approximate surface area is 117 Å². The van der Waals surface area contributed by atoms with E-state index in [1.165, 1.54) is 25.7 Å². The van der Waals surface area contributed by atoms with Crippen molar-refractivity contribution in [3.05, 3.63) is 28.5 Å². The van der Waals surface area contributed by atoms with E-state index in [2.05, 4.69) is 26.2 Å². The monoisotopic (exact) mass is 312 g/mol. The van der Waals surface area contributed by atoms with Crippen LogP contribution < -0.4 is 5.32 Å². The summed E-state index contributed by atoms with van der Waals surface area (Å²) in [6, 6.07) is 4.04. The van der Waals surface area contributed by atoms with Crippen molar-refractivity contribution in [2.45, 2.75) is 32.2 Å². The predicted octanol–water partition coefficient (Wildman–Crippen LogP) is 2.73. The first-order valence-corrected chi connectivity index (χ1v) is 7.51. The van der Waals surface area contributed by atoms with E-state index in [0.717, 1.165) is 23.3 Å². The molecule has 0 saturated heterocycles. The fourth-order valence-corrected chi connectivity index (χ4v) is 2.92. The van der Waals surface area contributed by atoms with Crippen LogP contribution in [0.4, 0.5) is 0 Å². The van der Waals surface area contributed by atoms with Crippen molar-refractivity contribution < 1.29 is 5.11 Å². The number of hydrogen-bond acceptors (Lipinski definition) is 3. The Kier molecular flexibility index (Phi) is 5.60. The van der Waals surface area contributed by atoms with E-state index in [-0.39, 0.29) is 0 Å². The molecule has 0 aromatic carbocycles. The smallest absolute Gasteiger partial charge is 0.0542 e. The lowest BCUT2D eigenvalue weighted by Gasteiger charge is -2.30. The molecule has 0 bridgehead atoms. The number of aliphatic hydroxyl groups excluding tert-OH is 1. The van der Waals surface area contributed by atoms with E-state index in [9.17, 15) is 5.11 Å². The van der Waals surface area contributed by atoms with Crippen LogP contribution in [-0.4, -0.2) is 23.2 Å². The first-order chi connectivity index (χ1) is 8.79. The Bertz CT molecular complexity index is 355. The third-order valence-electron chi connectivity index (χ3n) is 3.80. The molecule has 1 aromatic rings. The number of halogens is 1. The predicted molar refractivity (Wildman–Crippen MR) is 76.2 cm³/mol. The van der Waals surface area contributed by atoms with Gasteiger partial charge in [0.2, 0.25) is 0 Å². The highest BCUT2D eigenvalue weighted by Gasteiger charge is 2.23. The van der Waals surface area contributed by atoms with E-state index in [0.29, 0.717) is 18.4 Å². The number of rotatable bonds is 5. The van der Waals surface area contributed by atoms with Gasteiger partial charge in [0.05, 0.1) is 5.69 Å². The molecule has 1 saturated carbocycles. The number of pyridine rings is 1. The summed E-state index contributed by atoms with van der Waals surface area (Å²) in [4.78, 5) is 4.34. The third kappa shape index (κ3) is 4.04. The number of hydrogen-bond donors (Lipinski definition) is 2. The topological polar surface area (TPSA) is 45.1 Å². The Morgan fingerprint density at radius 3 is 2.72 bits per heavy atom. The highest BCUT2D eigenvalue weighted by Crippen LogP contribution is 2.29. The summed E-state index contributed by atoms with van der Waals surface area (Å²) in [5.74, 6) is 1.11. The molecule has 1 heterocycles. The Hall–Kier alpha value is -0.450. The van der Waals surface area contributed by atoms with Crippen molar-refractivity contribution in [2.75, 3.05) is 13.2 Å². The maximum absolute atomic E-state index is 9.36. The zero-order valence-corrected chi connectivity index (χ0v) is 12.2. The quantitative estimate of drug-likeness (QED) is 0.878. The molecule has 2 unspecified atom stereocenters. The van der Waals surface area contributed by atoms with Crippen LogP contribution in [0.2, 0.25) is 0 Å². The van der Waals surface area contributed by atoms with Gasteiger partial charge in [0.25, 0.3) is 0 Å². The maximum Gasteiger partial charge on any atom is 0.0542 e. The van der Waals surface area contributed by atoms with Crippen LogP contribution in [-0.2, 0) is 6.54 Å². The summed E-state index contributed by atoms with van der Waals surface area (Å²) in [7, 11) is 0. The molecule has 18 heavy (non-hydrogen) atoms. The zero-order chi connectivity index (χ0) is 12.8. The molecule has 4 heteroatoms. The number of nitrogens with one attached hydrogen (secondary N) is 1. The second-order valence-corrected chi connectivity index (χ2v) is 6.00. The van der Waals surface area contributed by atoms with Crippen molar-refractivity contribution in [3.63, 3.8) is 0 Å². The molecule has 0 spiro atoms. The van der Waals surface area contributed by atoms with Gasteiger partial charge in [-0.3, -0.25) is 4.98 Å². The van der Waals surface area contributed by atoms with Gasteiger partial charge in [-0.25, -0.2) is 0 Å². The molecular weight excluding hydrogens is 292 g/mol. The van der Waals surface area contributed by atoms with Gasteiger partial charge in [-0.05, 0) is 59.3 Å². The summed E-state index contributed by atoms with van der Waals surface area (Å²) in [6.45, 7) is 2.13. The molecule has 1 aliphatic carbocycles. The van der Waals surface area contributed by atoms with Gasteiger partial charge in [-0.2, -0.15) is 0 Å². The summed E-state index contributed by atoms with van der Waals surface area (Å²) in [5.41, 5.74) is 1.06. The van der Waals surface area contributed by atoms with E-state index in [1.54, 1.807) is 0 Å². The fraction of sp³-hybridized carbons (Fsp3) is 0.643. The average Bonchev–Trinajstić information content (AvgIpc) is 2.41. The van der Waals surface area contributed by atoms with Gasteiger partial charge in [0.1, 0.15) is 0 Å². The second-order valence-electron chi connectivity index (χ2n) is 5.09. The lowest BCUT2D eigenvalue weighted by Crippen LogP contribution is -2.32. The van der Waals surface area contributed by atoms with Gasteiger partial charge in [-0.1, -0.05) is 12.8 Å². The van der Waals surface area contributed by atoms with Gasteiger partial charge in [0, 0.05) is 23.8 Å². The third-order valence-corrected chi connectivity index (χ3v) is 4.27. The van der Waals surface area contributed by atoms with Crippen molar-refractivity contribution in [3.8, 4) is 0 Å². The minimum atomic E-state index is 0.336. The number of aliphatic hydroxyl groups is 1. The van der Waals surface area contributed by atoms with Crippen molar-refractivity contribution >= 4 is 15.9 Å². The molecular formula is C14H21BrN2O. The SMILES string of the molecule is OCC1CCCCC1CNCc1ccc(Br)cn1. The van der Waals surface area contributed by atoms with Gasteiger partial charge < -0.3 is 10.4 Å². The van der Waals surface area contributed by atoms with Crippen LogP contribution in [0.15, 0.2) is 22.8 Å². The summed E-state index contributed by atoms with van der Waals surface area (Å²) >= 11 is 3.38. The summed E-state index contributed by atoms with van der Waals surface area (Å²) in [5, 5.41) is 12.8. The first-order valence-electron chi connectivity index (χ1n) is 6.71. The van der Waals surface area contributed by atoms with Crippen molar-refractivity contribution in [1.82, 2.24) is 10.3 Å². The Balaban J connectivity index is 1.75. The molecule has 0 radical (unpaired) electrons.